The number of nitrogens with zero attached hydrogens (tertiary/aromatic N) is 2. The van der Waals surface area contributed by atoms with Gasteiger partial charge in [0, 0.05) is 52.4 Å². The summed E-state index contributed by atoms with van der Waals surface area (Å²) in [6.45, 7) is 13.0. The van der Waals surface area contributed by atoms with E-state index < -0.39 is 0 Å². The number of nitrogens with one attached hydrogen (secondary N) is 2. The van der Waals surface area contributed by atoms with Crippen LogP contribution < -0.4 is 10.6 Å². The molecule has 0 aliphatic carbocycles. The van der Waals surface area contributed by atoms with Crippen LogP contribution in [0.1, 0.15) is 0 Å². The number of hydrogen-bond acceptors (Lipinski definition) is 4. The van der Waals surface area contributed by atoms with Crippen molar-refractivity contribution < 1.29 is 0 Å². The minimum absolute atomic E-state index is 1.09. The zero-order chi connectivity index (χ0) is 9.80. The van der Waals surface area contributed by atoms with E-state index in [1.54, 1.807) is 0 Å². The molecular formula is C10H20N4. The van der Waals surface area contributed by atoms with Crippen LogP contribution in [0.5, 0.6) is 0 Å². The molecule has 0 amide bonds. The van der Waals surface area contributed by atoms with Gasteiger partial charge in [-0.15, -0.1) is 0 Å². The first kappa shape index (κ1) is 9.80. The molecule has 0 saturated carbocycles. The first-order valence-electron chi connectivity index (χ1n) is 5.48. The summed E-state index contributed by atoms with van der Waals surface area (Å²) in [5.41, 5.74) is 0. The lowest BCUT2D eigenvalue weighted by Gasteiger charge is -2.39. The molecule has 4 nitrogen and oxygen atoms in total. The fourth-order valence-electron chi connectivity index (χ4n) is 2.05. The maximum atomic E-state index is 4.20. The molecule has 2 fully saturated rings. The zero-order valence-corrected chi connectivity index (χ0v) is 8.76. The van der Waals surface area contributed by atoms with Crippen LogP contribution in [-0.2, 0) is 0 Å². The van der Waals surface area contributed by atoms with E-state index >= 15 is 0 Å². The second-order valence-corrected chi connectivity index (χ2v) is 3.89. The van der Waals surface area contributed by atoms with Gasteiger partial charge in [-0.05, 0) is 0 Å². The molecule has 0 unspecified atom stereocenters. The van der Waals surface area contributed by atoms with Gasteiger partial charge in [0.15, 0.2) is 0 Å². The molecule has 0 aromatic heterocycles. The van der Waals surface area contributed by atoms with Gasteiger partial charge in [-0.3, -0.25) is 0 Å². The SMILES string of the molecule is C=C(N1CCNCC1)N1CCNCC1. The van der Waals surface area contributed by atoms with Crippen molar-refractivity contribution in [3.8, 4) is 0 Å². The van der Waals surface area contributed by atoms with E-state index in [1.165, 1.54) is 5.82 Å². The third-order valence-electron chi connectivity index (χ3n) is 2.96. The molecule has 0 aromatic carbocycles. The Morgan fingerprint density at radius 2 is 1.14 bits per heavy atom. The maximum absolute atomic E-state index is 4.20. The molecule has 0 aromatic rings. The summed E-state index contributed by atoms with van der Waals surface area (Å²) in [5.74, 6) is 1.22. The van der Waals surface area contributed by atoms with Crippen LogP contribution in [0.3, 0.4) is 0 Å². The van der Waals surface area contributed by atoms with Gasteiger partial charge in [-0.25, -0.2) is 0 Å². The summed E-state index contributed by atoms with van der Waals surface area (Å²) in [5, 5.41) is 6.72. The molecule has 14 heavy (non-hydrogen) atoms. The molecule has 2 aliphatic rings. The Bertz CT molecular complexity index is 172. The first-order valence-corrected chi connectivity index (χ1v) is 5.48. The third kappa shape index (κ3) is 2.19. The lowest BCUT2D eigenvalue weighted by molar-refractivity contribution is 0.180. The van der Waals surface area contributed by atoms with Crippen molar-refractivity contribution in [1.29, 1.82) is 0 Å². The van der Waals surface area contributed by atoms with Crippen LogP contribution in [0.2, 0.25) is 0 Å². The van der Waals surface area contributed by atoms with Crippen LogP contribution in [0, 0.1) is 0 Å². The fraction of sp³-hybridized carbons (Fsp3) is 0.800. The predicted molar refractivity (Wildman–Crippen MR) is 58.0 cm³/mol. The second kappa shape index (κ2) is 4.66. The normalized spacial score (nSPS) is 23.7. The number of piperazine rings is 2. The largest absolute Gasteiger partial charge is 0.356 e. The average Bonchev–Trinajstić information content (AvgIpc) is 2.30. The van der Waals surface area contributed by atoms with E-state index in [2.05, 4.69) is 27.0 Å². The van der Waals surface area contributed by atoms with Crippen LogP contribution in [0.15, 0.2) is 12.4 Å². The monoisotopic (exact) mass is 196 g/mol. The molecule has 0 atom stereocenters. The van der Waals surface area contributed by atoms with E-state index in [1.807, 2.05) is 0 Å². The minimum Gasteiger partial charge on any atom is -0.356 e. The highest BCUT2D eigenvalue weighted by atomic mass is 15.4. The van der Waals surface area contributed by atoms with Gasteiger partial charge in [-0.1, -0.05) is 6.58 Å². The molecule has 2 rings (SSSR count). The Balaban J connectivity index is 1.85. The van der Waals surface area contributed by atoms with Crippen LogP contribution in [0.4, 0.5) is 0 Å². The van der Waals surface area contributed by atoms with Gasteiger partial charge in [0.1, 0.15) is 0 Å². The third-order valence-corrected chi connectivity index (χ3v) is 2.96. The van der Waals surface area contributed by atoms with Gasteiger partial charge >= 0.3 is 0 Å². The summed E-state index contributed by atoms with van der Waals surface area (Å²) in [6, 6.07) is 0. The van der Waals surface area contributed by atoms with E-state index in [0.717, 1.165) is 52.4 Å². The average molecular weight is 196 g/mol. The standard InChI is InChI=1S/C10H20N4/c1-10(13-6-2-11-3-7-13)14-8-4-12-5-9-14/h11-12H,1-9H2. The van der Waals surface area contributed by atoms with Crippen molar-refractivity contribution in [2.45, 2.75) is 0 Å². The first-order chi connectivity index (χ1) is 6.88. The van der Waals surface area contributed by atoms with Crippen LogP contribution in [0.25, 0.3) is 0 Å². The summed E-state index contributed by atoms with van der Waals surface area (Å²) in [4.78, 5) is 4.78. The van der Waals surface area contributed by atoms with Gasteiger partial charge in [0.2, 0.25) is 0 Å². The molecule has 0 bridgehead atoms. The summed E-state index contributed by atoms with van der Waals surface area (Å²) in [6.07, 6.45) is 0. The highest BCUT2D eigenvalue weighted by Gasteiger charge is 2.18. The smallest absolute Gasteiger partial charge is 0.0966 e. The van der Waals surface area contributed by atoms with Crippen molar-refractivity contribution >= 4 is 0 Å². The maximum Gasteiger partial charge on any atom is 0.0966 e. The summed E-state index contributed by atoms with van der Waals surface area (Å²) in [7, 11) is 0. The van der Waals surface area contributed by atoms with Crippen molar-refractivity contribution in [1.82, 2.24) is 20.4 Å². The Morgan fingerprint density at radius 1 is 0.786 bits per heavy atom. The van der Waals surface area contributed by atoms with Gasteiger partial charge in [0.25, 0.3) is 0 Å². The number of rotatable bonds is 2. The molecule has 4 heteroatoms. The summed E-state index contributed by atoms with van der Waals surface area (Å²) >= 11 is 0. The summed E-state index contributed by atoms with van der Waals surface area (Å²) < 4.78 is 0. The zero-order valence-electron chi connectivity index (χ0n) is 8.76. The topological polar surface area (TPSA) is 30.5 Å². The van der Waals surface area contributed by atoms with E-state index in [4.69, 9.17) is 0 Å². The molecule has 80 valence electrons. The van der Waals surface area contributed by atoms with E-state index in [9.17, 15) is 0 Å². The lowest BCUT2D eigenvalue weighted by atomic mass is 10.3. The second-order valence-electron chi connectivity index (χ2n) is 3.89. The highest BCUT2D eigenvalue weighted by molar-refractivity contribution is 4.97. The van der Waals surface area contributed by atoms with Crippen molar-refractivity contribution in [3.63, 3.8) is 0 Å². The predicted octanol–water partition coefficient (Wildman–Crippen LogP) is -0.732. The molecule has 2 heterocycles. The van der Waals surface area contributed by atoms with Crippen LogP contribution >= 0.6 is 0 Å². The highest BCUT2D eigenvalue weighted by Crippen LogP contribution is 2.09. The Labute approximate surface area is 85.9 Å². The Morgan fingerprint density at radius 3 is 1.50 bits per heavy atom. The Hall–Kier alpha value is -0.740. The van der Waals surface area contributed by atoms with E-state index in [0.29, 0.717) is 0 Å². The Kier molecular flexibility index (Phi) is 3.26. The van der Waals surface area contributed by atoms with E-state index in [-0.39, 0.29) is 0 Å². The van der Waals surface area contributed by atoms with Crippen LogP contribution in [-0.4, -0.2) is 62.2 Å². The molecular weight excluding hydrogens is 176 g/mol. The molecule has 2 aliphatic heterocycles. The lowest BCUT2D eigenvalue weighted by Crippen LogP contribution is -2.50. The minimum atomic E-state index is 1.09. The van der Waals surface area contributed by atoms with Crippen molar-refractivity contribution in [2.75, 3.05) is 52.4 Å². The number of hydrogen-bond donors (Lipinski definition) is 2. The fourth-order valence-corrected chi connectivity index (χ4v) is 2.05. The van der Waals surface area contributed by atoms with Crippen molar-refractivity contribution in [3.05, 3.63) is 12.4 Å². The van der Waals surface area contributed by atoms with Crippen molar-refractivity contribution in [2.24, 2.45) is 0 Å². The molecule has 2 saturated heterocycles. The quantitative estimate of drug-likeness (QED) is 0.609. The van der Waals surface area contributed by atoms with Gasteiger partial charge in [0.05, 0.1) is 5.82 Å². The van der Waals surface area contributed by atoms with Gasteiger partial charge in [-0.2, -0.15) is 0 Å². The molecule has 0 radical (unpaired) electrons. The van der Waals surface area contributed by atoms with Gasteiger partial charge < -0.3 is 20.4 Å². The molecule has 0 spiro atoms. The molecule has 2 N–H and O–H groups in total.